The summed E-state index contributed by atoms with van der Waals surface area (Å²) in [6, 6.07) is 10.7. The summed E-state index contributed by atoms with van der Waals surface area (Å²) in [7, 11) is 0. The van der Waals surface area contributed by atoms with E-state index in [0.717, 1.165) is 17.5 Å². The monoisotopic (exact) mass is 312 g/mol. The van der Waals surface area contributed by atoms with E-state index in [1.807, 2.05) is 13.0 Å². The molecule has 0 heterocycles. The van der Waals surface area contributed by atoms with Crippen molar-refractivity contribution in [1.82, 2.24) is 0 Å². The molecule has 0 amide bonds. The van der Waals surface area contributed by atoms with Crippen molar-refractivity contribution < 1.29 is 22.3 Å². The Hall–Kier alpha value is -2.04. The van der Waals surface area contributed by atoms with Crippen LogP contribution in [0.3, 0.4) is 0 Å². The average Bonchev–Trinajstić information content (AvgIpc) is 2.43. The van der Waals surface area contributed by atoms with Crippen LogP contribution in [0.25, 0.3) is 0 Å². The van der Waals surface area contributed by atoms with E-state index in [9.17, 15) is 17.6 Å². The lowest BCUT2D eigenvalue weighted by Crippen LogP contribution is -2.17. The Balaban J connectivity index is 2.06. The molecule has 1 nitrogen and oxygen atoms in total. The van der Waals surface area contributed by atoms with Crippen molar-refractivity contribution in [3.05, 3.63) is 65.0 Å². The van der Waals surface area contributed by atoms with E-state index in [1.165, 1.54) is 18.2 Å². The lowest BCUT2D eigenvalue weighted by molar-refractivity contribution is -0.274. The first kappa shape index (κ1) is 16.3. The van der Waals surface area contributed by atoms with E-state index in [2.05, 4.69) is 4.74 Å². The van der Waals surface area contributed by atoms with Crippen molar-refractivity contribution in [1.29, 1.82) is 0 Å². The molecule has 118 valence electrons. The zero-order valence-electron chi connectivity index (χ0n) is 12.1. The molecule has 0 atom stereocenters. The zero-order valence-corrected chi connectivity index (χ0v) is 12.1. The molecule has 0 fully saturated rings. The minimum Gasteiger partial charge on any atom is -0.406 e. The molecule has 0 saturated heterocycles. The van der Waals surface area contributed by atoms with Gasteiger partial charge < -0.3 is 4.74 Å². The summed E-state index contributed by atoms with van der Waals surface area (Å²) >= 11 is 0. The number of ether oxygens (including phenoxy) is 1. The molecule has 0 bridgehead atoms. The zero-order chi connectivity index (χ0) is 16.2. The van der Waals surface area contributed by atoms with Gasteiger partial charge in [0.15, 0.2) is 0 Å². The van der Waals surface area contributed by atoms with Crippen LogP contribution in [0.1, 0.15) is 30.0 Å². The Bertz CT molecular complexity index is 618. The van der Waals surface area contributed by atoms with E-state index < -0.39 is 6.36 Å². The van der Waals surface area contributed by atoms with Crippen molar-refractivity contribution in [2.45, 2.75) is 32.5 Å². The third-order valence-corrected chi connectivity index (χ3v) is 3.20. The van der Waals surface area contributed by atoms with Crippen LogP contribution in [0.2, 0.25) is 0 Å². The summed E-state index contributed by atoms with van der Waals surface area (Å²) in [5, 5.41) is 0. The van der Waals surface area contributed by atoms with Gasteiger partial charge in [0, 0.05) is 0 Å². The quantitative estimate of drug-likeness (QED) is 0.684. The fraction of sp³-hybridized carbons (Fsp3) is 0.294. The van der Waals surface area contributed by atoms with E-state index in [-0.39, 0.29) is 11.6 Å². The van der Waals surface area contributed by atoms with Gasteiger partial charge in [-0.05, 0) is 47.7 Å². The second kappa shape index (κ2) is 6.81. The third kappa shape index (κ3) is 4.76. The number of rotatable bonds is 5. The molecule has 22 heavy (non-hydrogen) atoms. The number of benzene rings is 2. The van der Waals surface area contributed by atoms with Gasteiger partial charge in [-0.3, -0.25) is 0 Å². The fourth-order valence-electron chi connectivity index (χ4n) is 2.22. The van der Waals surface area contributed by atoms with Crippen LogP contribution in [-0.4, -0.2) is 6.36 Å². The standard InChI is InChI=1S/C17H16F4O/c1-2-3-14-7-4-13(11-16(14)18)10-12-5-8-15(9-6-12)22-17(19,20)21/h4-9,11H,2-3,10H2,1H3. The smallest absolute Gasteiger partial charge is 0.406 e. The highest BCUT2D eigenvalue weighted by Crippen LogP contribution is 2.23. The highest BCUT2D eigenvalue weighted by atomic mass is 19.4. The van der Waals surface area contributed by atoms with Gasteiger partial charge in [0.05, 0.1) is 0 Å². The van der Waals surface area contributed by atoms with Crippen molar-refractivity contribution in [3.63, 3.8) is 0 Å². The number of hydrogen-bond acceptors (Lipinski definition) is 1. The summed E-state index contributed by atoms with van der Waals surface area (Å²) in [5.41, 5.74) is 2.25. The van der Waals surface area contributed by atoms with E-state index in [1.54, 1.807) is 18.2 Å². The molecule has 2 rings (SSSR count). The molecule has 0 saturated carbocycles. The van der Waals surface area contributed by atoms with Crippen molar-refractivity contribution in [2.75, 3.05) is 0 Å². The molecule has 2 aromatic rings. The predicted molar refractivity (Wildman–Crippen MR) is 76.3 cm³/mol. The lowest BCUT2D eigenvalue weighted by Gasteiger charge is -2.10. The lowest BCUT2D eigenvalue weighted by atomic mass is 10.0. The molecule has 0 N–H and O–H groups in total. The Morgan fingerprint density at radius 3 is 2.14 bits per heavy atom. The Morgan fingerprint density at radius 2 is 1.59 bits per heavy atom. The summed E-state index contributed by atoms with van der Waals surface area (Å²) in [4.78, 5) is 0. The van der Waals surface area contributed by atoms with Crippen LogP contribution in [0, 0.1) is 5.82 Å². The van der Waals surface area contributed by atoms with Crippen molar-refractivity contribution in [2.24, 2.45) is 0 Å². The SMILES string of the molecule is CCCc1ccc(Cc2ccc(OC(F)(F)F)cc2)cc1F. The fourth-order valence-corrected chi connectivity index (χ4v) is 2.22. The molecule has 0 spiro atoms. The van der Waals surface area contributed by atoms with Gasteiger partial charge in [-0.15, -0.1) is 13.2 Å². The molecule has 2 aromatic carbocycles. The number of aryl methyl sites for hydroxylation is 1. The summed E-state index contributed by atoms with van der Waals surface area (Å²) in [5.74, 6) is -0.503. The van der Waals surface area contributed by atoms with Gasteiger partial charge in [-0.2, -0.15) is 0 Å². The van der Waals surface area contributed by atoms with Crippen LogP contribution < -0.4 is 4.74 Å². The Labute approximate surface area is 126 Å². The topological polar surface area (TPSA) is 9.23 Å². The van der Waals surface area contributed by atoms with Crippen molar-refractivity contribution >= 4 is 0 Å². The number of halogens is 4. The first-order chi connectivity index (χ1) is 10.4. The normalized spacial score (nSPS) is 11.5. The number of alkyl halides is 3. The second-order valence-electron chi connectivity index (χ2n) is 5.04. The molecule has 0 aromatic heterocycles. The molecule has 0 aliphatic heterocycles. The largest absolute Gasteiger partial charge is 0.573 e. The van der Waals surface area contributed by atoms with Gasteiger partial charge >= 0.3 is 6.36 Å². The highest BCUT2D eigenvalue weighted by Gasteiger charge is 2.30. The van der Waals surface area contributed by atoms with Crippen LogP contribution >= 0.6 is 0 Å². The first-order valence-corrected chi connectivity index (χ1v) is 6.99. The average molecular weight is 312 g/mol. The van der Waals surface area contributed by atoms with Gasteiger partial charge in [0.25, 0.3) is 0 Å². The summed E-state index contributed by atoms with van der Waals surface area (Å²) < 4.78 is 53.9. The van der Waals surface area contributed by atoms with E-state index in [0.29, 0.717) is 18.4 Å². The molecule has 0 radical (unpaired) electrons. The molecule has 0 aliphatic carbocycles. The van der Waals surface area contributed by atoms with Crippen molar-refractivity contribution in [3.8, 4) is 5.75 Å². The molecule has 0 unspecified atom stereocenters. The second-order valence-corrected chi connectivity index (χ2v) is 5.04. The molecular weight excluding hydrogens is 296 g/mol. The summed E-state index contributed by atoms with van der Waals surface area (Å²) in [6.07, 6.45) is -2.68. The summed E-state index contributed by atoms with van der Waals surface area (Å²) in [6.45, 7) is 1.98. The molecule has 0 aliphatic rings. The van der Waals surface area contributed by atoms with E-state index >= 15 is 0 Å². The van der Waals surface area contributed by atoms with Crippen LogP contribution in [0.5, 0.6) is 5.75 Å². The molecular formula is C17H16F4O. The minimum atomic E-state index is -4.69. The van der Waals surface area contributed by atoms with Crippen LogP contribution in [-0.2, 0) is 12.8 Å². The van der Waals surface area contributed by atoms with Crippen LogP contribution in [0.4, 0.5) is 17.6 Å². The van der Waals surface area contributed by atoms with Gasteiger partial charge in [-0.25, -0.2) is 4.39 Å². The van der Waals surface area contributed by atoms with Gasteiger partial charge in [-0.1, -0.05) is 37.6 Å². The number of hydrogen-bond donors (Lipinski definition) is 0. The maximum absolute atomic E-state index is 13.8. The predicted octanol–water partition coefficient (Wildman–Crippen LogP) is 5.27. The maximum atomic E-state index is 13.8. The maximum Gasteiger partial charge on any atom is 0.573 e. The van der Waals surface area contributed by atoms with Gasteiger partial charge in [0.1, 0.15) is 11.6 Å². The van der Waals surface area contributed by atoms with Gasteiger partial charge in [0.2, 0.25) is 0 Å². The van der Waals surface area contributed by atoms with E-state index in [4.69, 9.17) is 0 Å². The molecule has 5 heteroatoms. The Morgan fingerprint density at radius 1 is 0.955 bits per heavy atom. The van der Waals surface area contributed by atoms with Crippen LogP contribution in [0.15, 0.2) is 42.5 Å². The first-order valence-electron chi connectivity index (χ1n) is 6.99. The minimum absolute atomic E-state index is 0.239. The third-order valence-electron chi connectivity index (χ3n) is 3.20. The Kier molecular flexibility index (Phi) is 5.06. The highest BCUT2D eigenvalue weighted by molar-refractivity contribution is 5.33.